The van der Waals surface area contributed by atoms with Crippen molar-refractivity contribution in [2.45, 2.75) is 0 Å². The molecule has 0 atom stereocenters. The Labute approximate surface area is 89.4 Å². The van der Waals surface area contributed by atoms with Crippen molar-refractivity contribution in [3.63, 3.8) is 0 Å². The lowest BCUT2D eigenvalue weighted by molar-refractivity contribution is 0.207. The van der Waals surface area contributed by atoms with E-state index in [1.165, 1.54) is 4.72 Å². The number of benzene rings is 1. The zero-order chi connectivity index (χ0) is 11.5. The predicted octanol–water partition coefficient (Wildman–Crippen LogP) is 1.40. The smallest absolute Gasteiger partial charge is 0.410 e. The zero-order valence-corrected chi connectivity index (χ0v) is 8.68. The third-order valence-corrected chi connectivity index (χ3v) is 1.87. The largest absolute Gasteiger partial charge is 0.427 e. The molecule has 0 saturated heterocycles. The molecule has 5 nitrogen and oxygen atoms in total. The molecule has 1 N–H and O–H groups in total. The van der Waals surface area contributed by atoms with Gasteiger partial charge in [-0.15, -0.1) is 0 Å². The van der Waals surface area contributed by atoms with Crippen LogP contribution in [-0.2, 0) is 9.24 Å². The molecule has 1 aromatic rings. The van der Waals surface area contributed by atoms with Gasteiger partial charge in [0.1, 0.15) is 11.6 Å². The highest BCUT2D eigenvalue weighted by molar-refractivity contribution is 8.12. The van der Waals surface area contributed by atoms with E-state index >= 15 is 0 Å². The standard InChI is InChI=1S/C7H5ClFNO4S/c8-15(12,13)10-7(11)14-6-3-1-5(9)2-4-6/h1-4H,(H,10,11). The lowest BCUT2D eigenvalue weighted by atomic mass is 10.3. The number of nitrogens with one attached hydrogen (secondary N) is 1. The third-order valence-electron chi connectivity index (χ3n) is 1.23. The van der Waals surface area contributed by atoms with E-state index in [0.717, 1.165) is 24.3 Å². The molecule has 82 valence electrons. The SMILES string of the molecule is O=C(NS(=O)(=O)Cl)Oc1ccc(F)cc1. The van der Waals surface area contributed by atoms with Crippen molar-refractivity contribution in [2.75, 3.05) is 0 Å². The Bertz CT molecular complexity index is 458. The first-order valence-electron chi connectivity index (χ1n) is 3.56. The number of hydrogen-bond acceptors (Lipinski definition) is 4. The molecule has 0 aliphatic carbocycles. The van der Waals surface area contributed by atoms with Crippen molar-refractivity contribution >= 4 is 26.0 Å². The van der Waals surface area contributed by atoms with Gasteiger partial charge in [0.05, 0.1) is 0 Å². The van der Waals surface area contributed by atoms with Crippen LogP contribution in [0.2, 0.25) is 0 Å². The van der Waals surface area contributed by atoms with Gasteiger partial charge in [-0.3, -0.25) is 0 Å². The fraction of sp³-hybridized carbons (Fsp3) is 0. The van der Waals surface area contributed by atoms with Crippen molar-refractivity contribution in [1.29, 1.82) is 0 Å². The minimum Gasteiger partial charge on any atom is -0.410 e. The summed E-state index contributed by atoms with van der Waals surface area (Å²) < 4.78 is 39.0. The van der Waals surface area contributed by atoms with Gasteiger partial charge in [-0.25, -0.2) is 13.9 Å². The average Bonchev–Trinajstić information content (AvgIpc) is 2.05. The van der Waals surface area contributed by atoms with E-state index in [1.807, 2.05) is 0 Å². The molecule has 0 unspecified atom stereocenters. The third kappa shape index (κ3) is 4.61. The van der Waals surface area contributed by atoms with Crippen LogP contribution in [0.1, 0.15) is 0 Å². The molecule has 1 aromatic carbocycles. The maximum absolute atomic E-state index is 12.4. The maximum Gasteiger partial charge on any atom is 0.427 e. The molecule has 0 aliphatic heterocycles. The van der Waals surface area contributed by atoms with E-state index in [1.54, 1.807) is 0 Å². The summed E-state index contributed by atoms with van der Waals surface area (Å²) in [6.45, 7) is 0. The summed E-state index contributed by atoms with van der Waals surface area (Å²) in [7, 11) is 0.542. The Morgan fingerprint density at radius 3 is 2.33 bits per heavy atom. The van der Waals surface area contributed by atoms with Crippen LogP contribution in [0.5, 0.6) is 5.75 Å². The summed E-state index contributed by atoms with van der Waals surface area (Å²) in [5.74, 6) is -0.512. The highest BCUT2D eigenvalue weighted by Crippen LogP contribution is 2.11. The van der Waals surface area contributed by atoms with Crippen LogP contribution >= 0.6 is 10.7 Å². The van der Waals surface area contributed by atoms with Crippen LogP contribution in [-0.4, -0.2) is 14.5 Å². The summed E-state index contributed by atoms with van der Waals surface area (Å²) in [6, 6.07) is 4.43. The first-order valence-corrected chi connectivity index (χ1v) is 5.87. The monoisotopic (exact) mass is 253 g/mol. The number of amides is 1. The zero-order valence-electron chi connectivity index (χ0n) is 7.11. The normalized spacial score (nSPS) is 10.8. The average molecular weight is 254 g/mol. The summed E-state index contributed by atoms with van der Waals surface area (Å²) in [5.41, 5.74) is 0. The summed E-state index contributed by atoms with van der Waals surface area (Å²) in [5, 5.41) is 0. The molecule has 0 heterocycles. The van der Waals surface area contributed by atoms with Crippen LogP contribution in [0.25, 0.3) is 0 Å². The minimum absolute atomic E-state index is 0.00535. The van der Waals surface area contributed by atoms with Crippen LogP contribution in [0.15, 0.2) is 24.3 Å². The van der Waals surface area contributed by atoms with Crippen LogP contribution < -0.4 is 9.46 Å². The van der Waals surface area contributed by atoms with Crippen LogP contribution in [0, 0.1) is 5.82 Å². The number of ether oxygens (including phenoxy) is 1. The molecule has 15 heavy (non-hydrogen) atoms. The van der Waals surface area contributed by atoms with Gasteiger partial charge in [0.15, 0.2) is 0 Å². The van der Waals surface area contributed by atoms with Crippen molar-refractivity contribution in [3.05, 3.63) is 30.1 Å². The topological polar surface area (TPSA) is 72.5 Å². The number of hydrogen-bond donors (Lipinski definition) is 1. The lowest BCUT2D eigenvalue weighted by Gasteiger charge is -2.03. The Morgan fingerprint density at radius 1 is 1.33 bits per heavy atom. The molecule has 0 bridgehead atoms. The van der Waals surface area contributed by atoms with Gasteiger partial charge in [-0.1, -0.05) is 0 Å². The minimum atomic E-state index is -4.18. The second kappa shape index (κ2) is 4.45. The van der Waals surface area contributed by atoms with Crippen LogP contribution in [0.3, 0.4) is 0 Å². The molecule has 0 saturated carbocycles. The van der Waals surface area contributed by atoms with Crippen molar-refractivity contribution < 1.29 is 22.3 Å². The molecule has 0 spiro atoms. The van der Waals surface area contributed by atoms with E-state index < -0.39 is 21.1 Å². The number of rotatable bonds is 2. The molecule has 1 rings (SSSR count). The first-order chi connectivity index (χ1) is 6.87. The summed E-state index contributed by atoms with van der Waals surface area (Å²) >= 11 is 0. The fourth-order valence-corrected chi connectivity index (χ4v) is 1.16. The van der Waals surface area contributed by atoms with Gasteiger partial charge in [-0.2, -0.15) is 8.42 Å². The molecule has 0 radical (unpaired) electrons. The highest BCUT2D eigenvalue weighted by atomic mass is 35.7. The molecular weight excluding hydrogens is 249 g/mol. The van der Waals surface area contributed by atoms with Crippen molar-refractivity contribution in [3.8, 4) is 5.75 Å². The van der Waals surface area contributed by atoms with E-state index in [0.29, 0.717) is 0 Å². The second-order valence-electron chi connectivity index (χ2n) is 2.38. The van der Waals surface area contributed by atoms with E-state index in [-0.39, 0.29) is 5.75 Å². The van der Waals surface area contributed by atoms with E-state index in [4.69, 9.17) is 10.7 Å². The second-order valence-corrected chi connectivity index (χ2v) is 4.68. The van der Waals surface area contributed by atoms with E-state index in [9.17, 15) is 17.6 Å². The van der Waals surface area contributed by atoms with Crippen molar-refractivity contribution in [2.24, 2.45) is 0 Å². The van der Waals surface area contributed by atoms with Gasteiger partial charge < -0.3 is 4.74 Å². The Hall–Kier alpha value is -1.34. The molecule has 8 heteroatoms. The lowest BCUT2D eigenvalue weighted by Crippen LogP contribution is -2.29. The molecule has 1 amide bonds. The Kier molecular flexibility index (Phi) is 3.48. The number of carbonyl (C=O) groups excluding carboxylic acids is 1. The van der Waals surface area contributed by atoms with Gasteiger partial charge in [0.25, 0.3) is 0 Å². The molecule has 0 fully saturated rings. The Balaban J connectivity index is 2.63. The highest BCUT2D eigenvalue weighted by Gasteiger charge is 2.12. The molecule has 0 aromatic heterocycles. The molecular formula is C7H5ClFNO4S. The Morgan fingerprint density at radius 2 is 1.87 bits per heavy atom. The van der Waals surface area contributed by atoms with Gasteiger partial charge >= 0.3 is 15.3 Å². The van der Waals surface area contributed by atoms with Gasteiger partial charge in [0, 0.05) is 10.7 Å². The van der Waals surface area contributed by atoms with Crippen LogP contribution in [0.4, 0.5) is 9.18 Å². The predicted molar refractivity (Wildman–Crippen MR) is 50.3 cm³/mol. The van der Waals surface area contributed by atoms with Gasteiger partial charge in [-0.05, 0) is 24.3 Å². The van der Waals surface area contributed by atoms with Gasteiger partial charge in [0.2, 0.25) is 0 Å². The number of halogens is 2. The fourth-order valence-electron chi connectivity index (χ4n) is 0.730. The summed E-state index contributed by atoms with van der Waals surface area (Å²) in [4.78, 5) is 10.8. The molecule has 0 aliphatic rings. The quantitative estimate of drug-likeness (QED) is 0.809. The van der Waals surface area contributed by atoms with Crippen molar-refractivity contribution in [1.82, 2.24) is 4.72 Å². The number of carbonyl (C=O) groups is 1. The van der Waals surface area contributed by atoms with E-state index in [2.05, 4.69) is 4.74 Å². The first kappa shape index (κ1) is 11.7. The maximum atomic E-state index is 12.4. The summed E-state index contributed by atoms with van der Waals surface area (Å²) in [6.07, 6.45) is -1.27.